The largest absolute Gasteiger partial charge is 0.350 e. The van der Waals surface area contributed by atoms with E-state index in [1.165, 1.54) is 30.0 Å². The van der Waals surface area contributed by atoms with Crippen molar-refractivity contribution >= 4 is 21.6 Å². The van der Waals surface area contributed by atoms with E-state index in [1.54, 1.807) is 0 Å². The van der Waals surface area contributed by atoms with Gasteiger partial charge in [0.2, 0.25) is 15.9 Å². The molecule has 0 saturated carbocycles. The monoisotopic (exact) mass is 450 g/mol. The maximum Gasteiger partial charge on any atom is 0.232 e. The number of nitrogens with zero attached hydrogens (tertiary/aromatic N) is 1. The maximum atomic E-state index is 13.5. The summed E-state index contributed by atoms with van der Waals surface area (Å²) < 4.78 is 51.9. The maximum absolute atomic E-state index is 13.5. The minimum absolute atomic E-state index is 0.00937. The molecule has 2 aromatic carbocycles. The number of benzene rings is 2. The van der Waals surface area contributed by atoms with E-state index in [1.807, 2.05) is 13.0 Å². The summed E-state index contributed by atoms with van der Waals surface area (Å²) in [4.78, 5) is 12.4. The molecule has 8 heteroatoms. The van der Waals surface area contributed by atoms with Gasteiger partial charge in [-0.1, -0.05) is 18.2 Å². The quantitative estimate of drug-likeness (QED) is 0.653. The lowest BCUT2D eigenvalue weighted by Crippen LogP contribution is -2.32. The normalized spacial score (nSPS) is 14.6. The van der Waals surface area contributed by atoms with Gasteiger partial charge >= 0.3 is 0 Å². The van der Waals surface area contributed by atoms with Crippen molar-refractivity contribution in [1.82, 2.24) is 5.32 Å². The van der Waals surface area contributed by atoms with Crippen LogP contribution in [0.1, 0.15) is 55.3 Å². The number of anilines is 1. The van der Waals surface area contributed by atoms with Gasteiger partial charge < -0.3 is 5.32 Å². The number of carbonyl (C=O) groups excluding carboxylic acids is 1. The number of aryl methyl sites for hydroxylation is 2. The highest BCUT2D eigenvalue weighted by atomic mass is 32.2. The van der Waals surface area contributed by atoms with Gasteiger partial charge in [0.05, 0.1) is 18.0 Å². The van der Waals surface area contributed by atoms with Crippen molar-refractivity contribution in [2.45, 2.75) is 51.5 Å². The fourth-order valence-corrected chi connectivity index (χ4v) is 4.89. The Hall–Kier alpha value is -2.48. The van der Waals surface area contributed by atoms with E-state index in [2.05, 4.69) is 17.4 Å². The molecule has 1 N–H and O–H groups in total. The zero-order valence-electron chi connectivity index (χ0n) is 17.8. The molecule has 0 saturated heterocycles. The second-order valence-electron chi connectivity index (χ2n) is 8.06. The number of nitrogens with one attached hydrogen (secondary N) is 1. The molecule has 2 aromatic rings. The van der Waals surface area contributed by atoms with Gasteiger partial charge in [0.1, 0.15) is 0 Å². The van der Waals surface area contributed by atoms with Crippen molar-refractivity contribution in [3.8, 4) is 0 Å². The average Bonchev–Trinajstić information content (AvgIpc) is 2.72. The summed E-state index contributed by atoms with van der Waals surface area (Å²) in [5, 5.41) is 2.96. The second kappa shape index (κ2) is 9.77. The van der Waals surface area contributed by atoms with E-state index in [9.17, 15) is 22.0 Å². The Morgan fingerprint density at radius 1 is 1.06 bits per heavy atom. The summed E-state index contributed by atoms with van der Waals surface area (Å²) in [5.41, 5.74) is 3.81. The molecule has 31 heavy (non-hydrogen) atoms. The first kappa shape index (κ1) is 23.2. The molecule has 1 unspecified atom stereocenters. The summed E-state index contributed by atoms with van der Waals surface area (Å²) in [6.45, 7) is 1.91. The highest BCUT2D eigenvalue weighted by molar-refractivity contribution is 7.92. The predicted octanol–water partition coefficient (Wildman–Crippen LogP) is 4.27. The van der Waals surface area contributed by atoms with Crippen molar-refractivity contribution in [1.29, 1.82) is 0 Å². The van der Waals surface area contributed by atoms with Crippen LogP contribution >= 0.6 is 0 Å². The van der Waals surface area contributed by atoms with Gasteiger partial charge in [0.25, 0.3) is 0 Å². The van der Waals surface area contributed by atoms with Crippen LogP contribution in [0.4, 0.5) is 14.5 Å². The van der Waals surface area contributed by atoms with E-state index in [0.29, 0.717) is 0 Å². The van der Waals surface area contributed by atoms with Crippen molar-refractivity contribution in [3.63, 3.8) is 0 Å². The van der Waals surface area contributed by atoms with E-state index in [4.69, 9.17) is 0 Å². The van der Waals surface area contributed by atoms with Crippen LogP contribution in [0.25, 0.3) is 0 Å². The molecule has 3 rings (SSSR count). The SMILES string of the molecule is CC(NC(=O)CCCN(c1ccc(F)c(F)c1)S(C)(=O)=O)c1ccc2c(c1)CCCC2. The zero-order chi connectivity index (χ0) is 22.6. The Balaban J connectivity index is 1.57. The molecule has 1 amide bonds. The molecule has 0 bridgehead atoms. The molecular weight excluding hydrogens is 422 g/mol. The lowest BCUT2D eigenvalue weighted by molar-refractivity contribution is -0.121. The van der Waals surface area contributed by atoms with Crippen LogP contribution in [0.5, 0.6) is 0 Å². The Morgan fingerprint density at radius 2 is 1.77 bits per heavy atom. The van der Waals surface area contributed by atoms with Gasteiger partial charge in [0.15, 0.2) is 11.6 Å². The van der Waals surface area contributed by atoms with Gasteiger partial charge in [-0.05, 0) is 67.9 Å². The molecule has 0 aliphatic heterocycles. The molecular formula is C23H28F2N2O3S. The number of sulfonamides is 1. The summed E-state index contributed by atoms with van der Waals surface area (Å²) in [6, 6.07) is 9.12. The first-order valence-electron chi connectivity index (χ1n) is 10.5. The van der Waals surface area contributed by atoms with Crippen LogP contribution in [-0.2, 0) is 27.7 Å². The number of hydrogen-bond acceptors (Lipinski definition) is 3. The lowest BCUT2D eigenvalue weighted by Gasteiger charge is -2.23. The topological polar surface area (TPSA) is 66.5 Å². The Bertz CT molecular complexity index is 1060. The molecule has 1 aliphatic rings. The number of rotatable bonds is 8. The summed E-state index contributed by atoms with van der Waals surface area (Å²) in [7, 11) is -3.71. The molecule has 0 heterocycles. The summed E-state index contributed by atoms with van der Waals surface area (Å²) >= 11 is 0. The first-order valence-corrected chi connectivity index (χ1v) is 12.3. The van der Waals surface area contributed by atoms with Crippen LogP contribution in [0.15, 0.2) is 36.4 Å². The van der Waals surface area contributed by atoms with Crippen LogP contribution in [0, 0.1) is 11.6 Å². The Morgan fingerprint density at radius 3 is 2.45 bits per heavy atom. The van der Waals surface area contributed by atoms with Crippen LogP contribution < -0.4 is 9.62 Å². The molecule has 168 valence electrons. The van der Waals surface area contributed by atoms with Crippen molar-refractivity contribution < 1.29 is 22.0 Å². The number of carbonyl (C=O) groups is 1. The van der Waals surface area contributed by atoms with Gasteiger partial charge in [-0.15, -0.1) is 0 Å². The van der Waals surface area contributed by atoms with Crippen LogP contribution in [0.2, 0.25) is 0 Å². The van der Waals surface area contributed by atoms with Crippen molar-refractivity contribution in [2.75, 3.05) is 17.1 Å². The lowest BCUT2D eigenvalue weighted by atomic mass is 9.89. The van der Waals surface area contributed by atoms with E-state index < -0.39 is 21.7 Å². The minimum atomic E-state index is -3.71. The van der Waals surface area contributed by atoms with Gasteiger partial charge in [-0.2, -0.15) is 0 Å². The number of halogens is 2. The zero-order valence-corrected chi connectivity index (χ0v) is 18.6. The van der Waals surface area contributed by atoms with Crippen LogP contribution in [0.3, 0.4) is 0 Å². The average molecular weight is 451 g/mol. The standard InChI is InChI=1S/C23H28F2N2O3S/c1-16(18-10-9-17-6-3-4-7-19(17)14-18)26-23(28)8-5-13-27(31(2,29)30)20-11-12-21(24)22(25)15-20/h9-12,14-16H,3-8,13H2,1-2H3,(H,26,28). The fraction of sp³-hybridized carbons (Fsp3) is 0.435. The van der Waals surface area contributed by atoms with E-state index in [0.717, 1.165) is 41.1 Å². The highest BCUT2D eigenvalue weighted by Gasteiger charge is 2.20. The smallest absolute Gasteiger partial charge is 0.232 e. The number of amides is 1. The van der Waals surface area contributed by atoms with Crippen molar-refractivity contribution in [2.24, 2.45) is 0 Å². The third-order valence-electron chi connectivity index (χ3n) is 5.61. The minimum Gasteiger partial charge on any atom is -0.350 e. The molecule has 0 radical (unpaired) electrons. The van der Waals surface area contributed by atoms with E-state index >= 15 is 0 Å². The molecule has 0 spiro atoms. The highest BCUT2D eigenvalue weighted by Crippen LogP contribution is 2.25. The van der Waals surface area contributed by atoms with Gasteiger partial charge in [-0.25, -0.2) is 17.2 Å². The number of hydrogen-bond donors (Lipinski definition) is 1. The number of fused-ring (bicyclic) bond motifs is 1. The third-order valence-corrected chi connectivity index (χ3v) is 6.80. The third kappa shape index (κ3) is 6.03. The predicted molar refractivity (Wildman–Crippen MR) is 117 cm³/mol. The summed E-state index contributed by atoms with van der Waals surface area (Å²) in [6.07, 6.45) is 5.92. The van der Waals surface area contributed by atoms with Gasteiger partial charge in [0, 0.05) is 19.0 Å². The molecule has 5 nitrogen and oxygen atoms in total. The molecule has 1 aliphatic carbocycles. The fourth-order valence-electron chi connectivity index (χ4n) is 3.93. The summed E-state index contributed by atoms with van der Waals surface area (Å²) in [5.74, 6) is -2.36. The Kier molecular flexibility index (Phi) is 7.30. The Labute approximate surface area is 182 Å². The van der Waals surface area contributed by atoms with Crippen LogP contribution in [-0.4, -0.2) is 27.1 Å². The van der Waals surface area contributed by atoms with Crippen molar-refractivity contribution in [3.05, 3.63) is 64.7 Å². The second-order valence-corrected chi connectivity index (χ2v) is 9.97. The molecule has 1 atom stereocenters. The molecule has 0 aromatic heterocycles. The van der Waals surface area contributed by atoms with Gasteiger partial charge in [-0.3, -0.25) is 9.10 Å². The van der Waals surface area contributed by atoms with E-state index in [-0.39, 0.29) is 37.0 Å². The molecule has 0 fully saturated rings. The first-order chi connectivity index (χ1) is 14.6.